The maximum absolute atomic E-state index is 12.6. The molecular weight excluding hydrogens is 318 g/mol. The number of rotatable bonds is 5. The van der Waals surface area contributed by atoms with Crippen molar-refractivity contribution in [3.05, 3.63) is 42.0 Å². The molecule has 1 aliphatic rings. The van der Waals surface area contributed by atoms with Crippen molar-refractivity contribution in [1.82, 2.24) is 15.0 Å². The Labute approximate surface area is 140 Å². The molecule has 2 aromatic rings. The number of nitrogens with two attached hydrogens (primary N) is 1. The van der Waals surface area contributed by atoms with E-state index in [0.29, 0.717) is 18.3 Å². The highest BCUT2D eigenvalue weighted by molar-refractivity contribution is 5.99. The number of likely N-dealkylation sites (N-methyl/N-ethyl adjacent to an activating group) is 1. The van der Waals surface area contributed by atoms with Crippen molar-refractivity contribution in [2.75, 3.05) is 18.5 Å². The normalized spacial score (nSPS) is 17.6. The Morgan fingerprint density at radius 3 is 2.78 bits per heavy atom. The molecule has 0 aliphatic carbocycles. The van der Waals surface area contributed by atoms with Crippen LogP contribution >= 0.6 is 12.4 Å². The van der Waals surface area contributed by atoms with E-state index in [2.05, 4.69) is 10.1 Å². The van der Waals surface area contributed by atoms with Gasteiger partial charge in [-0.3, -0.25) is 9.69 Å². The predicted octanol–water partition coefficient (Wildman–Crippen LogP) is 1.19. The van der Waals surface area contributed by atoms with Gasteiger partial charge in [0.15, 0.2) is 5.82 Å². The van der Waals surface area contributed by atoms with Gasteiger partial charge in [0, 0.05) is 12.2 Å². The summed E-state index contributed by atoms with van der Waals surface area (Å²) in [6.45, 7) is 1.40. The predicted molar refractivity (Wildman–Crippen MR) is 88.1 cm³/mol. The molecule has 0 saturated carbocycles. The van der Waals surface area contributed by atoms with Gasteiger partial charge in [0.2, 0.25) is 11.8 Å². The van der Waals surface area contributed by atoms with Crippen LogP contribution in [-0.4, -0.2) is 40.6 Å². The Morgan fingerprint density at radius 2 is 2.13 bits per heavy atom. The number of hydrogen-bond donors (Lipinski definition) is 1. The van der Waals surface area contributed by atoms with Crippen molar-refractivity contribution < 1.29 is 9.32 Å². The molecule has 2 N–H and O–H groups in total. The zero-order valence-corrected chi connectivity index (χ0v) is 13.7. The second-order valence-electron chi connectivity index (χ2n) is 5.35. The van der Waals surface area contributed by atoms with E-state index >= 15 is 0 Å². The Balaban J connectivity index is 0.00000192. The van der Waals surface area contributed by atoms with E-state index in [0.717, 1.165) is 18.7 Å². The largest absolute Gasteiger partial charge is 0.338 e. The van der Waals surface area contributed by atoms with Crippen molar-refractivity contribution in [2.45, 2.75) is 25.6 Å². The van der Waals surface area contributed by atoms with Crippen molar-refractivity contribution in [3.63, 3.8) is 0 Å². The van der Waals surface area contributed by atoms with Crippen LogP contribution in [0, 0.1) is 0 Å². The maximum atomic E-state index is 12.6. The van der Waals surface area contributed by atoms with Gasteiger partial charge in [0.1, 0.15) is 0 Å². The highest BCUT2D eigenvalue weighted by atomic mass is 35.5. The minimum atomic E-state index is -0.167. The molecule has 1 saturated heterocycles. The van der Waals surface area contributed by atoms with Gasteiger partial charge < -0.3 is 15.2 Å². The molecule has 7 nitrogen and oxygen atoms in total. The molecule has 1 aliphatic heterocycles. The van der Waals surface area contributed by atoms with Gasteiger partial charge in [-0.2, -0.15) is 4.98 Å². The number of amides is 1. The summed E-state index contributed by atoms with van der Waals surface area (Å²) in [7, 11) is 1.90. The minimum Gasteiger partial charge on any atom is -0.338 e. The highest BCUT2D eigenvalue weighted by Crippen LogP contribution is 2.24. The second kappa shape index (κ2) is 7.54. The number of carbonyl (C=O) groups is 1. The molecule has 3 rings (SSSR count). The van der Waals surface area contributed by atoms with E-state index < -0.39 is 0 Å². The van der Waals surface area contributed by atoms with E-state index in [1.165, 1.54) is 0 Å². The maximum Gasteiger partial charge on any atom is 0.244 e. The van der Waals surface area contributed by atoms with Gasteiger partial charge in [-0.15, -0.1) is 12.4 Å². The second-order valence-corrected chi connectivity index (χ2v) is 5.35. The molecule has 1 aromatic heterocycles. The first-order valence-corrected chi connectivity index (χ1v) is 7.27. The molecule has 0 spiro atoms. The monoisotopic (exact) mass is 337 g/mol. The molecule has 23 heavy (non-hydrogen) atoms. The number of aromatic nitrogens is 2. The van der Waals surface area contributed by atoms with E-state index in [9.17, 15) is 4.79 Å². The topological polar surface area (TPSA) is 88.5 Å². The van der Waals surface area contributed by atoms with Crippen LogP contribution in [0.1, 0.15) is 18.1 Å². The van der Waals surface area contributed by atoms with Crippen LogP contribution in [0.4, 0.5) is 5.69 Å². The number of benzene rings is 1. The Bertz CT molecular complexity index is 648. The summed E-state index contributed by atoms with van der Waals surface area (Å²) < 4.78 is 4.99. The van der Waals surface area contributed by atoms with Crippen molar-refractivity contribution in [3.8, 4) is 0 Å². The Hall–Kier alpha value is -1.96. The molecular formula is C15H20ClN5O2. The van der Waals surface area contributed by atoms with Crippen molar-refractivity contribution in [2.24, 2.45) is 5.73 Å². The van der Waals surface area contributed by atoms with Crippen LogP contribution in [0.15, 0.2) is 34.9 Å². The fraction of sp³-hybridized carbons (Fsp3) is 0.400. The van der Waals surface area contributed by atoms with Crippen LogP contribution in [0.2, 0.25) is 0 Å². The average Bonchev–Trinajstić information content (AvgIpc) is 3.14. The summed E-state index contributed by atoms with van der Waals surface area (Å²) in [6.07, 6.45) is 0.784. The molecule has 1 atom stereocenters. The fourth-order valence-corrected chi connectivity index (χ4v) is 2.71. The molecule has 124 valence electrons. The molecule has 1 amide bonds. The summed E-state index contributed by atoms with van der Waals surface area (Å²) >= 11 is 0. The number of nitrogens with zero attached hydrogens (tertiary/aromatic N) is 4. The van der Waals surface area contributed by atoms with Crippen molar-refractivity contribution >= 4 is 24.0 Å². The van der Waals surface area contributed by atoms with Crippen LogP contribution in [0.3, 0.4) is 0 Å². The molecule has 0 bridgehead atoms. The molecule has 1 unspecified atom stereocenters. The minimum absolute atomic E-state index is 0. The summed E-state index contributed by atoms with van der Waals surface area (Å²) in [6, 6.07) is 9.56. The van der Waals surface area contributed by atoms with Crippen LogP contribution in [0.25, 0.3) is 0 Å². The lowest BCUT2D eigenvalue weighted by Crippen LogP contribution is -2.39. The van der Waals surface area contributed by atoms with Crippen molar-refractivity contribution in [1.29, 1.82) is 0 Å². The lowest BCUT2D eigenvalue weighted by Gasteiger charge is -2.22. The zero-order chi connectivity index (χ0) is 15.5. The van der Waals surface area contributed by atoms with Gasteiger partial charge in [-0.05, 0) is 25.6 Å². The van der Waals surface area contributed by atoms with E-state index in [4.69, 9.17) is 10.3 Å². The first-order valence-electron chi connectivity index (χ1n) is 7.27. The molecule has 1 fully saturated rings. The van der Waals surface area contributed by atoms with Gasteiger partial charge in [0.05, 0.1) is 19.1 Å². The fourth-order valence-electron chi connectivity index (χ4n) is 2.71. The lowest BCUT2D eigenvalue weighted by atomic mass is 10.2. The molecule has 2 heterocycles. The first kappa shape index (κ1) is 17.4. The van der Waals surface area contributed by atoms with Crippen LogP contribution in [-0.2, 0) is 17.9 Å². The third-order valence-corrected chi connectivity index (χ3v) is 3.85. The Kier molecular flexibility index (Phi) is 5.70. The summed E-state index contributed by atoms with van der Waals surface area (Å²) in [5.74, 6) is 1.07. The number of halogens is 1. The highest BCUT2D eigenvalue weighted by Gasteiger charge is 2.35. The average molecular weight is 338 g/mol. The molecule has 1 aromatic carbocycles. The Morgan fingerprint density at radius 1 is 1.39 bits per heavy atom. The number of hydrogen-bond acceptors (Lipinski definition) is 6. The van der Waals surface area contributed by atoms with E-state index in [1.54, 1.807) is 0 Å². The molecule has 8 heteroatoms. The van der Waals surface area contributed by atoms with Gasteiger partial charge in [0.25, 0.3) is 0 Å². The van der Waals surface area contributed by atoms with Gasteiger partial charge in [-0.25, -0.2) is 0 Å². The quantitative estimate of drug-likeness (QED) is 0.881. The lowest BCUT2D eigenvalue weighted by molar-refractivity contribution is -0.121. The number of anilines is 1. The zero-order valence-electron chi connectivity index (χ0n) is 12.9. The van der Waals surface area contributed by atoms with Gasteiger partial charge in [-0.1, -0.05) is 23.4 Å². The first-order chi connectivity index (χ1) is 10.7. The summed E-state index contributed by atoms with van der Waals surface area (Å²) in [5.41, 5.74) is 6.39. The third-order valence-electron chi connectivity index (χ3n) is 3.85. The van der Waals surface area contributed by atoms with E-state index in [1.807, 2.05) is 47.2 Å². The number of carbonyl (C=O) groups excluding carboxylic acids is 1. The smallest absolute Gasteiger partial charge is 0.244 e. The van der Waals surface area contributed by atoms with E-state index in [-0.39, 0.29) is 30.9 Å². The third kappa shape index (κ3) is 3.69. The SMILES string of the molecule is CN(Cc1noc(CN)n1)C1CCN(c2ccccc2)C1=O.Cl. The van der Waals surface area contributed by atoms with Crippen LogP contribution < -0.4 is 10.6 Å². The number of para-hydroxylation sites is 1. The summed E-state index contributed by atoms with van der Waals surface area (Å²) in [4.78, 5) is 20.5. The van der Waals surface area contributed by atoms with Crippen LogP contribution in [0.5, 0.6) is 0 Å². The summed E-state index contributed by atoms with van der Waals surface area (Å²) in [5, 5.41) is 3.87. The van der Waals surface area contributed by atoms with Gasteiger partial charge >= 0.3 is 0 Å². The molecule has 0 radical (unpaired) electrons. The standard InChI is InChI=1S/C15H19N5O2.ClH/c1-19(10-13-17-14(9-16)22-18-13)12-7-8-20(15(12)21)11-5-3-2-4-6-11;/h2-6,12H,7-10,16H2,1H3;1H.